The van der Waals surface area contributed by atoms with Crippen molar-refractivity contribution in [3.8, 4) is 11.5 Å². The highest BCUT2D eigenvalue weighted by molar-refractivity contribution is 5.88. The van der Waals surface area contributed by atoms with Crippen molar-refractivity contribution in [2.75, 3.05) is 13.3 Å². The van der Waals surface area contributed by atoms with E-state index in [1.165, 1.54) is 0 Å². The number of unbranched alkanes of at least 4 members (excludes halogenated alkanes) is 1. The number of rotatable bonds is 12. The minimum Gasteiger partial charge on any atom is -0.454 e. The highest BCUT2D eigenvalue weighted by Crippen LogP contribution is 2.32. The quantitative estimate of drug-likeness (QED) is 0.370. The van der Waals surface area contributed by atoms with Crippen molar-refractivity contribution in [2.24, 2.45) is 0 Å². The van der Waals surface area contributed by atoms with Crippen molar-refractivity contribution in [1.82, 2.24) is 10.2 Å². The van der Waals surface area contributed by atoms with Crippen molar-refractivity contribution in [2.45, 2.75) is 51.6 Å². The fourth-order valence-corrected chi connectivity index (χ4v) is 4.33. The number of hydrogen-bond donors (Lipinski definition) is 1. The fraction of sp³-hybridized carbons (Fsp3) is 0.333. The molecule has 0 aliphatic carbocycles. The molecule has 0 radical (unpaired) electrons. The van der Waals surface area contributed by atoms with Crippen LogP contribution in [0.4, 0.5) is 0 Å². The molecule has 36 heavy (non-hydrogen) atoms. The van der Waals surface area contributed by atoms with Gasteiger partial charge in [0.15, 0.2) is 11.5 Å². The summed E-state index contributed by atoms with van der Waals surface area (Å²) in [7, 11) is 0. The Labute approximate surface area is 213 Å². The minimum atomic E-state index is -0.603. The van der Waals surface area contributed by atoms with E-state index in [0.29, 0.717) is 38.1 Å². The van der Waals surface area contributed by atoms with Crippen LogP contribution >= 0.6 is 0 Å². The monoisotopic (exact) mass is 486 g/mol. The highest BCUT2D eigenvalue weighted by Gasteiger charge is 2.30. The Kier molecular flexibility index (Phi) is 8.98. The number of hydrogen-bond acceptors (Lipinski definition) is 4. The molecule has 1 heterocycles. The Morgan fingerprint density at radius 3 is 2.31 bits per heavy atom. The van der Waals surface area contributed by atoms with E-state index in [2.05, 4.69) is 12.2 Å². The number of carbonyl (C=O) groups excluding carboxylic acids is 2. The zero-order valence-corrected chi connectivity index (χ0v) is 20.8. The standard InChI is InChI=1S/C30H34N2O4/c1-2-3-18-31-30(34)26(19-23-10-6-4-7-11-23)32(21-25-12-8-5-9-13-25)29(33)17-15-24-14-16-27-28(20-24)36-22-35-27/h4-14,16,20,26H,2-3,15,17-19,21-22H2,1H3,(H,31,34)/t26-/m1/s1. The summed E-state index contributed by atoms with van der Waals surface area (Å²) < 4.78 is 10.9. The normalized spacial score (nSPS) is 12.7. The van der Waals surface area contributed by atoms with Gasteiger partial charge < -0.3 is 19.7 Å². The number of benzene rings is 3. The smallest absolute Gasteiger partial charge is 0.243 e. The molecule has 3 aromatic rings. The maximum Gasteiger partial charge on any atom is 0.243 e. The Morgan fingerprint density at radius 2 is 1.58 bits per heavy atom. The van der Waals surface area contributed by atoms with Crippen LogP contribution in [0.25, 0.3) is 0 Å². The topological polar surface area (TPSA) is 67.9 Å². The van der Waals surface area contributed by atoms with Gasteiger partial charge in [-0.1, -0.05) is 80.1 Å². The van der Waals surface area contributed by atoms with Crippen molar-refractivity contribution in [3.63, 3.8) is 0 Å². The molecule has 0 aromatic heterocycles. The second kappa shape index (κ2) is 12.8. The second-order valence-corrected chi connectivity index (χ2v) is 9.04. The van der Waals surface area contributed by atoms with Crippen LogP contribution in [0.3, 0.4) is 0 Å². The van der Waals surface area contributed by atoms with Crippen molar-refractivity contribution >= 4 is 11.8 Å². The minimum absolute atomic E-state index is 0.0527. The average molecular weight is 487 g/mol. The third-order valence-corrected chi connectivity index (χ3v) is 6.36. The summed E-state index contributed by atoms with van der Waals surface area (Å²) in [5, 5.41) is 3.06. The molecular formula is C30H34N2O4. The number of nitrogens with zero attached hydrogens (tertiary/aromatic N) is 1. The van der Waals surface area contributed by atoms with Gasteiger partial charge in [-0.3, -0.25) is 9.59 Å². The van der Waals surface area contributed by atoms with Gasteiger partial charge in [-0.05, 0) is 41.7 Å². The van der Waals surface area contributed by atoms with Crippen LogP contribution in [0, 0.1) is 0 Å². The molecule has 1 aliphatic heterocycles. The van der Waals surface area contributed by atoms with Gasteiger partial charge in [0.1, 0.15) is 6.04 Å². The number of fused-ring (bicyclic) bond motifs is 1. The largest absolute Gasteiger partial charge is 0.454 e. The Hall–Kier alpha value is -3.80. The number of ether oxygens (including phenoxy) is 2. The molecule has 0 bridgehead atoms. The summed E-state index contributed by atoms with van der Waals surface area (Å²) in [6, 6.07) is 24.9. The number of amides is 2. The Bertz CT molecular complexity index is 1130. The molecule has 4 rings (SSSR count). The lowest BCUT2D eigenvalue weighted by Crippen LogP contribution is -2.50. The molecule has 0 unspecified atom stereocenters. The van der Waals surface area contributed by atoms with Gasteiger partial charge in [-0.25, -0.2) is 0 Å². The number of carbonyl (C=O) groups is 2. The van der Waals surface area contributed by atoms with Gasteiger partial charge in [-0.2, -0.15) is 0 Å². The first-order valence-corrected chi connectivity index (χ1v) is 12.7. The van der Waals surface area contributed by atoms with Crippen molar-refractivity contribution in [1.29, 1.82) is 0 Å². The predicted molar refractivity (Wildman–Crippen MR) is 140 cm³/mol. The van der Waals surface area contributed by atoms with Gasteiger partial charge in [0.25, 0.3) is 0 Å². The summed E-state index contributed by atoms with van der Waals surface area (Å²) in [6.07, 6.45) is 3.20. The van der Waals surface area contributed by atoms with E-state index in [1.54, 1.807) is 4.90 Å². The SMILES string of the molecule is CCCCNC(=O)[C@@H](Cc1ccccc1)N(Cc1ccccc1)C(=O)CCc1ccc2c(c1)OCO2. The van der Waals surface area contributed by atoms with E-state index in [1.807, 2.05) is 78.9 Å². The first-order valence-electron chi connectivity index (χ1n) is 12.7. The molecular weight excluding hydrogens is 452 g/mol. The van der Waals surface area contributed by atoms with Crippen LogP contribution in [0.2, 0.25) is 0 Å². The van der Waals surface area contributed by atoms with Crippen LogP contribution in [0.5, 0.6) is 11.5 Å². The third-order valence-electron chi connectivity index (χ3n) is 6.36. The lowest BCUT2D eigenvalue weighted by atomic mass is 10.0. The molecule has 2 amide bonds. The Morgan fingerprint density at radius 1 is 0.889 bits per heavy atom. The fourth-order valence-electron chi connectivity index (χ4n) is 4.33. The van der Waals surface area contributed by atoms with E-state index in [4.69, 9.17) is 9.47 Å². The summed E-state index contributed by atoms with van der Waals surface area (Å²) in [5.41, 5.74) is 3.02. The van der Waals surface area contributed by atoms with Crippen LogP contribution in [-0.4, -0.2) is 36.1 Å². The maximum absolute atomic E-state index is 13.7. The molecule has 1 atom stereocenters. The van der Waals surface area contributed by atoms with Crippen LogP contribution in [0.1, 0.15) is 42.9 Å². The maximum atomic E-state index is 13.7. The molecule has 0 fully saturated rings. The molecule has 0 saturated heterocycles. The first-order chi connectivity index (χ1) is 17.6. The second-order valence-electron chi connectivity index (χ2n) is 9.04. The first kappa shape index (κ1) is 25.3. The summed E-state index contributed by atoms with van der Waals surface area (Å²) >= 11 is 0. The highest BCUT2D eigenvalue weighted by atomic mass is 16.7. The summed E-state index contributed by atoms with van der Waals surface area (Å²) in [4.78, 5) is 28.9. The lowest BCUT2D eigenvalue weighted by molar-refractivity contribution is -0.141. The van der Waals surface area contributed by atoms with Crippen LogP contribution in [0.15, 0.2) is 78.9 Å². The molecule has 0 saturated carbocycles. The molecule has 188 valence electrons. The Balaban J connectivity index is 1.56. The lowest BCUT2D eigenvalue weighted by Gasteiger charge is -2.31. The molecule has 6 nitrogen and oxygen atoms in total. The van der Waals surface area contributed by atoms with E-state index in [-0.39, 0.29) is 18.6 Å². The van der Waals surface area contributed by atoms with Gasteiger partial charge in [-0.15, -0.1) is 0 Å². The van der Waals surface area contributed by atoms with Crippen molar-refractivity contribution in [3.05, 3.63) is 95.6 Å². The third kappa shape index (κ3) is 6.87. The zero-order chi connectivity index (χ0) is 25.2. The molecule has 1 N–H and O–H groups in total. The number of aryl methyl sites for hydroxylation is 1. The van der Waals surface area contributed by atoms with Gasteiger partial charge in [0.2, 0.25) is 18.6 Å². The molecule has 6 heteroatoms. The van der Waals surface area contributed by atoms with Crippen LogP contribution < -0.4 is 14.8 Å². The van der Waals surface area contributed by atoms with Crippen LogP contribution in [-0.2, 0) is 29.0 Å². The molecule has 1 aliphatic rings. The van der Waals surface area contributed by atoms with E-state index < -0.39 is 6.04 Å². The van der Waals surface area contributed by atoms with E-state index in [9.17, 15) is 9.59 Å². The molecule has 0 spiro atoms. The zero-order valence-electron chi connectivity index (χ0n) is 20.8. The summed E-state index contributed by atoms with van der Waals surface area (Å²) in [5.74, 6) is 1.27. The molecule has 3 aromatic carbocycles. The summed E-state index contributed by atoms with van der Waals surface area (Å²) in [6.45, 7) is 3.29. The van der Waals surface area contributed by atoms with Gasteiger partial charge in [0, 0.05) is 25.9 Å². The van der Waals surface area contributed by atoms with E-state index in [0.717, 1.165) is 35.3 Å². The number of nitrogens with one attached hydrogen (secondary N) is 1. The van der Waals surface area contributed by atoms with E-state index >= 15 is 0 Å². The van der Waals surface area contributed by atoms with Gasteiger partial charge >= 0.3 is 0 Å². The van der Waals surface area contributed by atoms with Gasteiger partial charge in [0.05, 0.1) is 0 Å². The van der Waals surface area contributed by atoms with Crippen molar-refractivity contribution < 1.29 is 19.1 Å². The predicted octanol–water partition coefficient (Wildman–Crippen LogP) is 4.90. The average Bonchev–Trinajstić information content (AvgIpc) is 3.38.